The number of nitrogens with zero attached hydrogens (tertiary/aromatic N) is 8. The summed E-state index contributed by atoms with van der Waals surface area (Å²) >= 11 is 0.838. The van der Waals surface area contributed by atoms with E-state index < -0.39 is 50.8 Å². The molecule has 0 aliphatic carbocycles. The van der Waals surface area contributed by atoms with Gasteiger partial charge in [0.15, 0.2) is 15.7 Å². The molecule has 0 aliphatic heterocycles. The highest BCUT2D eigenvalue weighted by Gasteiger charge is 2.26. The lowest BCUT2D eigenvalue weighted by molar-refractivity contribution is -0.387. The molecule has 2 aromatic heterocycles. The maximum absolute atomic E-state index is 12.0. The van der Waals surface area contributed by atoms with Crippen molar-refractivity contribution in [2.24, 2.45) is 20.5 Å². The van der Waals surface area contributed by atoms with Gasteiger partial charge < -0.3 is 5.32 Å². The van der Waals surface area contributed by atoms with E-state index >= 15 is 0 Å². The van der Waals surface area contributed by atoms with E-state index in [4.69, 9.17) is 0 Å². The number of nitriles is 2. The van der Waals surface area contributed by atoms with Gasteiger partial charge in [0.2, 0.25) is 0 Å². The van der Waals surface area contributed by atoms with Crippen LogP contribution in [0.2, 0.25) is 0 Å². The van der Waals surface area contributed by atoms with Crippen LogP contribution in [0, 0.1) is 39.7 Å². The molecule has 5 aromatic carbocycles. The lowest BCUT2D eigenvalue weighted by atomic mass is 10.00. The number of anilines is 2. The van der Waals surface area contributed by atoms with Gasteiger partial charge in [-0.1, -0.05) is 59.9 Å². The fourth-order valence-corrected chi connectivity index (χ4v) is 9.00. The Morgan fingerprint density at radius 2 is 1.34 bits per heavy atom. The van der Waals surface area contributed by atoms with Gasteiger partial charge in [0.1, 0.15) is 28.4 Å². The molecule has 0 fully saturated rings. The zero-order valence-corrected chi connectivity index (χ0v) is 36.2. The van der Waals surface area contributed by atoms with E-state index in [1.165, 1.54) is 36.4 Å². The summed E-state index contributed by atoms with van der Waals surface area (Å²) in [4.78, 5) is 13.4. The monoisotopic (exact) mass is 949 g/mol. The third kappa shape index (κ3) is 9.94. The van der Waals surface area contributed by atoms with Gasteiger partial charge in [-0.3, -0.25) is 23.8 Å². The summed E-state index contributed by atoms with van der Waals surface area (Å²) in [6.45, 7) is 1.55. The van der Waals surface area contributed by atoms with Gasteiger partial charge in [0.25, 0.3) is 25.9 Å². The normalized spacial score (nSPS) is 12.1. The first-order chi connectivity index (χ1) is 30.7. The molecule has 0 unspecified atom stereocenters. The van der Waals surface area contributed by atoms with Crippen molar-refractivity contribution in [2.45, 2.75) is 28.0 Å². The molecular weight excluding hydrogens is 923 g/mol. The Morgan fingerprint density at radius 3 is 1.94 bits per heavy atom. The maximum atomic E-state index is 12.0. The van der Waals surface area contributed by atoms with E-state index in [9.17, 15) is 59.5 Å². The largest absolute Gasteiger partial charge is 0.338 e. The zero-order valence-electron chi connectivity index (χ0n) is 32.9. The molecule has 0 amide bonds. The van der Waals surface area contributed by atoms with Crippen molar-refractivity contribution in [1.29, 1.82) is 10.5 Å². The smallest absolute Gasteiger partial charge is 0.301 e. The van der Waals surface area contributed by atoms with Crippen LogP contribution in [0.15, 0.2) is 144 Å². The molecule has 0 atom stereocenters. The number of fused-ring (bicyclic) bond motifs is 1. The third-order valence-electron chi connectivity index (χ3n) is 9.55. The van der Waals surface area contributed by atoms with E-state index in [-0.39, 0.29) is 72.1 Å². The molecule has 7 rings (SSSR count). The molecule has 0 radical (unpaired) electrons. The van der Waals surface area contributed by atoms with Crippen LogP contribution in [0.3, 0.4) is 0 Å². The second-order valence-electron chi connectivity index (χ2n) is 13.7. The topological polar surface area (TPSA) is 328 Å². The fraction of sp³-hybridized carbons (Fsp3) is 0.0488. The zero-order chi connectivity index (χ0) is 46.8. The summed E-state index contributed by atoms with van der Waals surface area (Å²) in [5, 5.41) is 54.5. The van der Waals surface area contributed by atoms with Crippen molar-refractivity contribution < 1.29 is 43.8 Å². The van der Waals surface area contributed by atoms with Crippen molar-refractivity contribution >= 4 is 91.0 Å². The number of hydrogen-bond acceptors (Lipinski definition) is 17. The van der Waals surface area contributed by atoms with Crippen LogP contribution in [0.4, 0.5) is 38.6 Å². The molecule has 4 N–H and O–H groups in total. The van der Waals surface area contributed by atoms with Gasteiger partial charge in [-0.05, 0) is 83.4 Å². The molecule has 0 saturated heterocycles. The minimum absolute atomic E-state index is 0.00745. The number of hydrogen-bond donors (Lipinski definition) is 4. The molecule has 20 nitrogen and oxygen atoms in total. The van der Waals surface area contributed by atoms with Gasteiger partial charge in [-0.25, -0.2) is 4.98 Å². The van der Waals surface area contributed by atoms with Crippen LogP contribution >= 0.6 is 11.3 Å². The Labute approximate surface area is 372 Å². The number of thiophene rings is 1. The van der Waals surface area contributed by atoms with Crippen molar-refractivity contribution in [3.05, 3.63) is 147 Å². The van der Waals surface area contributed by atoms with Crippen molar-refractivity contribution in [1.82, 2.24) is 4.98 Å². The van der Waals surface area contributed by atoms with Gasteiger partial charge >= 0.3 is 10.1 Å². The first kappa shape index (κ1) is 45.3. The predicted octanol–water partition coefficient (Wildman–Crippen LogP) is 9.83. The molecule has 326 valence electrons. The Balaban J connectivity index is 1.38. The van der Waals surface area contributed by atoms with Crippen molar-refractivity contribution in [3.8, 4) is 23.3 Å². The molecule has 2 heterocycles. The summed E-state index contributed by atoms with van der Waals surface area (Å²) in [5.41, 5.74) is 0.822. The third-order valence-corrected chi connectivity index (χ3v) is 13.1. The summed E-state index contributed by atoms with van der Waals surface area (Å²) in [6.07, 6.45) is -0.0171. The second-order valence-corrected chi connectivity index (χ2v) is 18.9. The lowest BCUT2D eigenvalue weighted by Crippen LogP contribution is -2.05. The second kappa shape index (κ2) is 17.8. The highest BCUT2D eigenvalue weighted by atomic mass is 32.2. The van der Waals surface area contributed by atoms with E-state index in [0.717, 1.165) is 52.4 Å². The molecule has 0 spiro atoms. The van der Waals surface area contributed by atoms with Crippen LogP contribution in [0.1, 0.15) is 27.9 Å². The van der Waals surface area contributed by atoms with Gasteiger partial charge in [-0.15, -0.1) is 20.5 Å². The van der Waals surface area contributed by atoms with Crippen LogP contribution in [-0.4, -0.2) is 48.8 Å². The van der Waals surface area contributed by atoms with E-state index in [2.05, 4.69) is 42.9 Å². The van der Waals surface area contributed by atoms with Crippen LogP contribution in [0.5, 0.6) is 0 Å². The summed E-state index contributed by atoms with van der Waals surface area (Å²) in [7, 11) is -14.1. The molecule has 0 saturated carbocycles. The molecule has 65 heavy (non-hydrogen) atoms. The Morgan fingerprint density at radius 1 is 0.723 bits per heavy atom. The molecule has 0 bridgehead atoms. The Bertz CT molecular complexity index is 3590. The first-order valence-electron chi connectivity index (χ1n) is 18.2. The number of pyridine rings is 1. The van der Waals surface area contributed by atoms with Crippen LogP contribution in [0.25, 0.3) is 21.9 Å². The van der Waals surface area contributed by atoms with Gasteiger partial charge in [0.05, 0.1) is 31.7 Å². The van der Waals surface area contributed by atoms with E-state index in [1.54, 1.807) is 19.1 Å². The molecule has 24 heteroatoms. The van der Waals surface area contributed by atoms with E-state index in [1.807, 2.05) is 30.3 Å². The molecule has 0 aliphatic rings. The number of aromatic nitrogens is 1. The minimum Gasteiger partial charge on any atom is -0.338 e. The minimum atomic E-state index is -5.07. The maximum Gasteiger partial charge on any atom is 0.301 e. The number of benzene rings is 5. The van der Waals surface area contributed by atoms with E-state index in [0.29, 0.717) is 11.1 Å². The average molecular weight is 950 g/mol. The van der Waals surface area contributed by atoms with Gasteiger partial charge in [0, 0.05) is 29.3 Å². The Kier molecular flexibility index (Phi) is 12.4. The average Bonchev–Trinajstić information content (AvgIpc) is 3.62. The predicted molar refractivity (Wildman–Crippen MR) is 236 cm³/mol. The lowest BCUT2D eigenvalue weighted by Gasteiger charge is -2.15. The number of nitro groups is 1. The summed E-state index contributed by atoms with van der Waals surface area (Å²) < 4.78 is 99.5. The molecule has 7 aromatic rings. The number of azo groups is 2. The van der Waals surface area contributed by atoms with Crippen molar-refractivity contribution in [3.63, 3.8) is 0 Å². The SMILES string of the molecule is Cc1c(C#N)c(Cc2ccc(S(=O)(=O)O)cc2)nc(Nc2ccc(S(=O)(=O)O)cc2)c1N=Nc1sc(N=Nc2ccc([N+](=O)[O-])c(S(=O)(=O)O)c2)c(-c2ccc3ccccc3c2)c1C#N. The van der Waals surface area contributed by atoms with Crippen LogP contribution in [-0.2, 0) is 36.8 Å². The molecular formula is C41H27N9O11S4. The highest BCUT2D eigenvalue weighted by Crippen LogP contribution is 2.49. The first-order valence-corrected chi connectivity index (χ1v) is 23.4. The number of nitrogens with one attached hydrogen (secondary N) is 1. The van der Waals surface area contributed by atoms with Crippen molar-refractivity contribution in [2.75, 3.05) is 5.32 Å². The summed E-state index contributed by atoms with van der Waals surface area (Å²) in [5.74, 6) is -0.00745. The standard InChI is InChI=1S/C41H27N9O11S4/c1-23-32(21-42)34(18-24-6-13-30(14-7-24)63(53,54)55)45-39(44-28-10-15-31(16-11-28)64(56,57)58)38(23)47-48-40-33(22-43)37(27-9-8-25-4-2-3-5-26(25)19-27)41(62-40)49-46-29-12-17-35(50(51)52)36(20-29)65(59,60)61/h2-17,19-20H,18H2,1H3,(H,44,45)(H,53,54,55)(H,56,57,58)(H,59,60,61). The number of nitro benzene ring substituents is 1. The van der Waals surface area contributed by atoms with Gasteiger partial charge in [-0.2, -0.15) is 35.8 Å². The summed E-state index contributed by atoms with van der Waals surface area (Å²) in [6, 6.07) is 29.8. The van der Waals surface area contributed by atoms with Crippen LogP contribution < -0.4 is 5.32 Å². The quantitative estimate of drug-likeness (QED) is 0.0361. The highest BCUT2D eigenvalue weighted by molar-refractivity contribution is 7.86. The number of rotatable bonds is 13. The fourth-order valence-electron chi connectivity index (χ4n) is 6.45. The Hall–Kier alpha value is -7.68.